The SMILES string of the molecule is COc1cc(/C=C2\SC(N3CCOCC3)=NC2=O)ccc1OCC(N)=O. The van der Waals surface area contributed by atoms with E-state index < -0.39 is 5.91 Å². The first-order valence-electron chi connectivity index (χ1n) is 8.01. The number of carbonyl (C=O) groups is 2. The number of primary amides is 1. The predicted octanol–water partition coefficient (Wildman–Crippen LogP) is 0.862. The predicted molar refractivity (Wildman–Crippen MR) is 98.1 cm³/mol. The van der Waals surface area contributed by atoms with Crippen LogP contribution in [0.5, 0.6) is 11.5 Å². The molecule has 0 atom stereocenters. The van der Waals surface area contributed by atoms with Crippen molar-refractivity contribution in [1.82, 2.24) is 4.90 Å². The van der Waals surface area contributed by atoms with E-state index in [9.17, 15) is 9.59 Å². The van der Waals surface area contributed by atoms with Crippen LogP contribution in [-0.2, 0) is 14.3 Å². The van der Waals surface area contributed by atoms with E-state index in [2.05, 4.69) is 4.99 Å². The van der Waals surface area contributed by atoms with E-state index in [1.165, 1.54) is 18.9 Å². The lowest BCUT2D eigenvalue weighted by Gasteiger charge is -2.27. The second-order valence-corrected chi connectivity index (χ2v) is 6.58. The van der Waals surface area contributed by atoms with E-state index in [0.29, 0.717) is 34.8 Å². The van der Waals surface area contributed by atoms with Gasteiger partial charge in [-0.15, -0.1) is 0 Å². The summed E-state index contributed by atoms with van der Waals surface area (Å²) in [6.07, 6.45) is 1.75. The van der Waals surface area contributed by atoms with Crippen LogP contribution in [0.4, 0.5) is 0 Å². The van der Waals surface area contributed by atoms with Crippen LogP contribution in [0.15, 0.2) is 28.1 Å². The summed E-state index contributed by atoms with van der Waals surface area (Å²) in [7, 11) is 1.50. The van der Waals surface area contributed by atoms with Crippen molar-refractivity contribution in [3.8, 4) is 11.5 Å². The molecular formula is C17H19N3O5S. The van der Waals surface area contributed by atoms with Gasteiger partial charge in [0.1, 0.15) is 0 Å². The molecule has 2 aliphatic heterocycles. The van der Waals surface area contributed by atoms with Crippen LogP contribution in [0.1, 0.15) is 5.56 Å². The number of methoxy groups -OCH3 is 1. The van der Waals surface area contributed by atoms with Crippen molar-refractivity contribution in [1.29, 1.82) is 0 Å². The number of carbonyl (C=O) groups excluding carboxylic acids is 2. The van der Waals surface area contributed by atoms with Crippen molar-refractivity contribution >= 4 is 34.8 Å². The summed E-state index contributed by atoms with van der Waals surface area (Å²) in [4.78, 5) is 29.8. The average molecular weight is 377 g/mol. The van der Waals surface area contributed by atoms with E-state index in [1.807, 2.05) is 4.90 Å². The Bertz CT molecular complexity index is 772. The molecule has 0 saturated carbocycles. The third-order valence-corrected chi connectivity index (χ3v) is 4.79. The molecule has 26 heavy (non-hydrogen) atoms. The Morgan fingerprint density at radius 1 is 1.38 bits per heavy atom. The standard InChI is InChI=1S/C17H19N3O5S/c1-23-13-8-11(2-3-12(13)25-10-15(18)21)9-14-16(22)19-17(26-14)20-4-6-24-7-5-20/h2-3,8-9H,4-7,10H2,1H3,(H2,18,21)/b14-9-. The third-order valence-electron chi connectivity index (χ3n) is 3.75. The molecule has 1 saturated heterocycles. The maximum atomic E-state index is 12.2. The smallest absolute Gasteiger partial charge is 0.286 e. The Morgan fingerprint density at radius 3 is 2.85 bits per heavy atom. The second-order valence-electron chi connectivity index (χ2n) is 5.57. The number of nitrogens with two attached hydrogens (primary N) is 1. The Balaban J connectivity index is 1.73. The van der Waals surface area contributed by atoms with Gasteiger partial charge >= 0.3 is 0 Å². The number of hydrogen-bond acceptors (Lipinski definition) is 7. The van der Waals surface area contributed by atoms with Crippen molar-refractivity contribution in [3.05, 3.63) is 28.7 Å². The topological polar surface area (TPSA) is 103 Å². The van der Waals surface area contributed by atoms with Crippen LogP contribution >= 0.6 is 11.8 Å². The maximum Gasteiger partial charge on any atom is 0.286 e. The Hall–Kier alpha value is -2.52. The van der Waals surface area contributed by atoms with Gasteiger partial charge in [0.05, 0.1) is 25.2 Å². The molecule has 2 heterocycles. The number of amides is 2. The number of rotatable bonds is 5. The molecule has 1 fully saturated rings. The summed E-state index contributed by atoms with van der Waals surface area (Å²) in [6.45, 7) is 2.49. The Labute approximate surface area is 155 Å². The maximum absolute atomic E-state index is 12.2. The van der Waals surface area contributed by atoms with Gasteiger partial charge in [0, 0.05) is 13.1 Å². The van der Waals surface area contributed by atoms with Gasteiger partial charge in [0.2, 0.25) is 0 Å². The minimum Gasteiger partial charge on any atom is -0.493 e. The minimum atomic E-state index is -0.570. The van der Waals surface area contributed by atoms with Gasteiger partial charge in [-0.25, -0.2) is 0 Å². The lowest BCUT2D eigenvalue weighted by Crippen LogP contribution is -2.38. The first-order chi connectivity index (χ1) is 12.6. The minimum absolute atomic E-state index is 0.234. The molecule has 3 rings (SSSR count). The monoisotopic (exact) mass is 377 g/mol. The van der Waals surface area contributed by atoms with Crippen LogP contribution in [0.2, 0.25) is 0 Å². The van der Waals surface area contributed by atoms with Crippen LogP contribution in [0, 0.1) is 0 Å². The van der Waals surface area contributed by atoms with Crippen molar-refractivity contribution in [2.24, 2.45) is 10.7 Å². The average Bonchev–Trinajstić information content (AvgIpc) is 3.01. The summed E-state index contributed by atoms with van der Waals surface area (Å²) in [5.41, 5.74) is 5.85. The summed E-state index contributed by atoms with van der Waals surface area (Å²) < 4.78 is 15.9. The molecule has 2 N–H and O–H groups in total. The van der Waals surface area contributed by atoms with Gasteiger partial charge in [0.25, 0.3) is 11.8 Å². The van der Waals surface area contributed by atoms with Crippen molar-refractivity contribution in [2.75, 3.05) is 40.0 Å². The van der Waals surface area contributed by atoms with Gasteiger partial charge in [0.15, 0.2) is 23.3 Å². The highest BCUT2D eigenvalue weighted by molar-refractivity contribution is 8.18. The molecule has 2 amide bonds. The van der Waals surface area contributed by atoms with Gasteiger partial charge < -0.3 is 24.8 Å². The lowest BCUT2D eigenvalue weighted by atomic mass is 10.2. The molecule has 1 aromatic carbocycles. The summed E-state index contributed by atoms with van der Waals surface area (Å²) in [6, 6.07) is 5.16. The van der Waals surface area contributed by atoms with Crippen molar-refractivity contribution in [2.45, 2.75) is 0 Å². The molecule has 138 valence electrons. The lowest BCUT2D eigenvalue weighted by molar-refractivity contribution is -0.120. The van der Waals surface area contributed by atoms with Gasteiger partial charge in [-0.2, -0.15) is 4.99 Å². The van der Waals surface area contributed by atoms with Crippen LogP contribution < -0.4 is 15.2 Å². The highest BCUT2D eigenvalue weighted by atomic mass is 32.2. The second kappa shape index (κ2) is 8.24. The molecule has 2 aliphatic rings. The molecule has 0 aliphatic carbocycles. The molecule has 0 aromatic heterocycles. The number of morpholine rings is 1. The third kappa shape index (κ3) is 4.36. The molecule has 0 bridgehead atoms. The van der Waals surface area contributed by atoms with E-state index in [1.54, 1.807) is 24.3 Å². The Kier molecular flexibility index (Phi) is 5.79. The number of thioether (sulfide) groups is 1. The molecular weight excluding hydrogens is 358 g/mol. The summed E-state index contributed by atoms with van der Waals surface area (Å²) in [5, 5.41) is 0.706. The van der Waals surface area contributed by atoms with Crippen LogP contribution in [-0.4, -0.2) is 61.9 Å². The molecule has 9 heteroatoms. The van der Waals surface area contributed by atoms with Crippen molar-refractivity contribution in [3.63, 3.8) is 0 Å². The highest BCUT2D eigenvalue weighted by Crippen LogP contribution is 2.33. The Morgan fingerprint density at radius 2 is 2.15 bits per heavy atom. The molecule has 0 radical (unpaired) electrons. The fourth-order valence-corrected chi connectivity index (χ4v) is 3.45. The van der Waals surface area contributed by atoms with Crippen LogP contribution in [0.3, 0.4) is 0 Å². The van der Waals surface area contributed by atoms with E-state index >= 15 is 0 Å². The fourth-order valence-electron chi connectivity index (χ4n) is 2.48. The largest absolute Gasteiger partial charge is 0.493 e. The first kappa shape index (κ1) is 18.3. The van der Waals surface area contributed by atoms with Crippen LogP contribution in [0.25, 0.3) is 6.08 Å². The number of aliphatic imine (C=N–C) groups is 1. The number of nitrogens with zero attached hydrogens (tertiary/aromatic N) is 2. The molecule has 0 spiro atoms. The summed E-state index contributed by atoms with van der Waals surface area (Å²) >= 11 is 1.35. The molecule has 1 aromatic rings. The normalized spacial score (nSPS) is 18.8. The number of amidine groups is 1. The van der Waals surface area contributed by atoms with Gasteiger partial charge in [-0.05, 0) is 35.5 Å². The highest BCUT2D eigenvalue weighted by Gasteiger charge is 2.27. The van der Waals surface area contributed by atoms with Gasteiger partial charge in [-0.3, -0.25) is 9.59 Å². The zero-order valence-corrected chi connectivity index (χ0v) is 15.1. The first-order valence-corrected chi connectivity index (χ1v) is 8.83. The van der Waals surface area contributed by atoms with Crippen molar-refractivity contribution < 1.29 is 23.8 Å². The zero-order chi connectivity index (χ0) is 18.5. The number of benzene rings is 1. The number of hydrogen-bond donors (Lipinski definition) is 1. The zero-order valence-electron chi connectivity index (χ0n) is 14.3. The van der Waals surface area contributed by atoms with E-state index in [-0.39, 0.29) is 12.5 Å². The van der Waals surface area contributed by atoms with E-state index in [0.717, 1.165) is 18.7 Å². The quantitative estimate of drug-likeness (QED) is 0.759. The molecule has 8 nitrogen and oxygen atoms in total. The van der Waals surface area contributed by atoms with Gasteiger partial charge in [-0.1, -0.05) is 6.07 Å². The molecule has 0 unspecified atom stereocenters. The fraction of sp³-hybridized carbons (Fsp3) is 0.353. The number of ether oxygens (including phenoxy) is 3. The van der Waals surface area contributed by atoms with E-state index in [4.69, 9.17) is 19.9 Å². The summed E-state index contributed by atoms with van der Waals surface area (Å²) in [5.74, 6) is 0.0259.